The quantitative estimate of drug-likeness (QED) is 0.713. The van der Waals surface area contributed by atoms with E-state index < -0.39 is 0 Å². The molecule has 0 radical (unpaired) electrons. The van der Waals surface area contributed by atoms with E-state index in [0.717, 1.165) is 28.0 Å². The molecule has 1 atom stereocenters. The van der Waals surface area contributed by atoms with Crippen molar-refractivity contribution < 1.29 is 0 Å². The van der Waals surface area contributed by atoms with Gasteiger partial charge in [0.05, 0.1) is 16.7 Å². The Kier molecular flexibility index (Phi) is 3.25. The van der Waals surface area contributed by atoms with Crippen LogP contribution in [-0.2, 0) is 0 Å². The number of rotatable bonds is 3. The predicted octanol–water partition coefficient (Wildman–Crippen LogP) is 4.27. The molecule has 1 aromatic carbocycles. The van der Waals surface area contributed by atoms with Gasteiger partial charge in [-0.2, -0.15) is 0 Å². The molecule has 0 aliphatic carbocycles. The van der Waals surface area contributed by atoms with E-state index in [-0.39, 0.29) is 0 Å². The fourth-order valence-electron chi connectivity index (χ4n) is 1.95. The highest BCUT2D eigenvalue weighted by molar-refractivity contribution is 7.13. The van der Waals surface area contributed by atoms with Gasteiger partial charge in [-0.05, 0) is 30.5 Å². The number of fused-ring (bicyclic) bond motifs is 1. The zero-order chi connectivity index (χ0) is 13.2. The molecule has 3 aromatic rings. The Morgan fingerprint density at radius 1 is 1.16 bits per heavy atom. The van der Waals surface area contributed by atoms with Crippen LogP contribution in [0.5, 0.6) is 0 Å². The number of nitrogens with zero attached hydrogens (tertiary/aromatic N) is 3. The Morgan fingerprint density at radius 2 is 1.95 bits per heavy atom. The van der Waals surface area contributed by atoms with Crippen molar-refractivity contribution in [1.82, 2.24) is 15.0 Å². The van der Waals surface area contributed by atoms with E-state index in [4.69, 9.17) is 4.98 Å². The van der Waals surface area contributed by atoms with Crippen molar-refractivity contribution in [2.75, 3.05) is 0 Å². The lowest BCUT2D eigenvalue weighted by Gasteiger charge is -2.03. The molecule has 3 nitrogen and oxygen atoms in total. The van der Waals surface area contributed by atoms with E-state index in [1.54, 1.807) is 23.7 Å². The first kappa shape index (κ1) is 12.2. The summed E-state index contributed by atoms with van der Waals surface area (Å²) in [7, 11) is 0. The lowest BCUT2D eigenvalue weighted by molar-refractivity contribution is 0.714. The Bertz CT molecular complexity index is 705. The molecule has 19 heavy (non-hydrogen) atoms. The maximum absolute atomic E-state index is 4.73. The lowest BCUT2D eigenvalue weighted by atomic mass is 10.1. The van der Waals surface area contributed by atoms with Gasteiger partial charge in [-0.3, -0.25) is 9.97 Å². The van der Waals surface area contributed by atoms with Gasteiger partial charge in [-0.15, -0.1) is 11.3 Å². The molecule has 96 valence electrons. The third kappa shape index (κ3) is 2.36. The summed E-state index contributed by atoms with van der Waals surface area (Å²) < 4.78 is 0. The minimum Gasteiger partial charge on any atom is -0.253 e. The second-order valence-corrected chi connectivity index (χ2v) is 5.50. The van der Waals surface area contributed by atoms with Crippen LogP contribution >= 0.6 is 11.3 Å². The third-order valence-corrected chi connectivity index (χ3v) is 4.27. The van der Waals surface area contributed by atoms with Gasteiger partial charge in [0.25, 0.3) is 0 Å². The molecule has 0 bridgehead atoms. The summed E-state index contributed by atoms with van der Waals surface area (Å²) in [6.07, 6.45) is 4.55. The topological polar surface area (TPSA) is 38.7 Å². The first-order valence-corrected chi connectivity index (χ1v) is 7.32. The number of benzene rings is 1. The van der Waals surface area contributed by atoms with Gasteiger partial charge in [-0.25, -0.2) is 4.98 Å². The predicted molar refractivity (Wildman–Crippen MR) is 79.4 cm³/mol. The Morgan fingerprint density at radius 3 is 2.74 bits per heavy atom. The second-order valence-electron chi connectivity index (χ2n) is 4.65. The summed E-state index contributed by atoms with van der Waals surface area (Å²) >= 11 is 1.70. The molecule has 0 fully saturated rings. The van der Waals surface area contributed by atoms with Crippen LogP contribution in [0.15, 0.2) is 36.0 Å². The summed E-state index contributed by atoms with van der Waals surface area (Å²) in [6.45, 7) is 4.40. The Balaban J connectivity index is 2.01. The van der Waals surface area contributed by atoms with Crippen molar-refractivity contribution in [3.8, 4) is 10.6 Å². The average molecular weight is 269 g/mol. The minimum absolute atomic E-state index is 0.519. The first-order valence-electron chi connectivity index (χ1n) is 6.44. The van der Waals surface area contributed by atoms with E-state index >= 15 is 0 Å². The minimum atomic E-state index is 0.519. The summed E-state index contributed by atoms with van der Waals surface area (Å²) in [5, 5.41) is 3.22. The fourth-order valence-corrected chi connectivity index (χ4v) is 2.89. The monoisotopic (exact) mass is 269 g/mol. The Hall–Kier alpha value is -1.81. The largest absolute Gasteiger partial charge is 0.253 e. The highest BCUT2D eigenvalue weighted by atomic mass is 32.1. The third-order valence-electron chi connectivity index (χ3n) is 3.36. The van der Waals surface area contributed by atoms with Gasteiger partial charge < -0.3 is 0 Å². The van der Waals surface area contributed by atoms with Crippen LogP contribution in [-0.4, -0.2) is 15.0 Å². The zero-order valence-electron chi connectivity index (χ0n) is 11.0. The summed E-state index contributed by atoms with van der Waals surface area (Å²) in [4.78, 5) is 13.4. The second kappa shape index (κ2) is 5.05. The molecule has 0 aliphatic rings. The van der Waals surface area contributed by atoms with Crippen LogP contribution in [0, 0.1) is 0 Å². The van der Waals surface area contributed by atoms with Gasteiger partial charge >= 0.3 is 0 Å². The van der Waals surface area contributed by atoms with Crippen LogP contribution in [0.3, 0.4) is 0 Å². The van der Waals surface area contributed by atoms with Crippen LogP contribution in [0.25, 0.3) is 21.6 Å². The molecule has 2 aromatic heterocycles. The van der Waals surface area contributed by atoms with E-state index in [0.29, 0.717) is 5.92 Å². The van der Waals surface area contributed by atoms with Gasteiger partial charge in [-0.1, -0.05) is 13.8 Å². The van der Waals surface area contributed by atoms with Gasteiger partial charge in [0.1, 0.15) is 5.01 Å². The van der Waals surface area contributed by atoms with Gasteiger partial charge in [0, 0.05) is 23.3 Å². The standard InChI is InChI=1S/C15H15N3S/c1-3-10(2)14-9-19-15(18-14)11-4-5-12-13(8-11)17-7-6-16-12/h4-10H,3H2,1-2H3. The van der Waals surface area contributed by atoms with E-state index in [9.17, 15) is 0 Å². The van der Waals surface area contributed by atoms with Crippen molar-refractivity contribution in [2.45, 2.75) is 26.2 Å². The van der Waals surface area contributed by atoms with Crippen molar-refractivity contribution in [2.24, 2.45) is 0 Å². The molecule has 1 unspecified atom stereocenters. The van der Waals surface area contributed by atoms with Crippen LogP contribution in [0.2, 0.25) is 0 Å². The molecule has 0 saturated carbocycles. The van der Waals surface area contributed by atoms with Crippen molar-refractivity contribution in [1.29, 1.82) is 0 Å². The summed E-state index contributed by atoms with van der Waals surface area (Å²) in [6, 6.07) is 6.12. The van der Waals surface area contributed by atoms with Crippen molar-refractivity contribution in [3.05, 3.63) is 41.7 Å². The smallest absolute Gasteiger partial charge is 0.123 e. The SMILES string of the molecule is CCC(C)c1csc(-c2ccc3nccnc3c2)n1. The first-order chi connectivity index (χ1) is 9.28. The lowest BCUT2D eigenvalue weighted by Crippen LogP contribution is -1.91. The van der Waals surface area contributed by atoms with E-state index in [1.807, 2.05) is 6.07 Å². The molecule has 2 heterocycles. The van der Waals surface area contributed by atoms with Gasteiger partial charge in [0.2, 0.25) is 0 Å². The molecule has 0 N–H and O–H groups in total. The normalized spacial score (nSPS) is 12.7. The number of aromatic nitrogens is 3. The van der Waals surface area contributed by atoms with E-state index in [2.05, 4.69) is 41.3 Å². The molecule has 0 spiro atoms. The fraction of sp³-hybridized carbons (Fsp3) is 0.267. The molecular formula is C15H15N3S. The molecule has 3 rings (SSSR count). The number of thiazole rings is 1. The molecule has 0 saturated heterocycles. The van der Waals surface area contributed by atoms with Crippen LogP contribution < -0.4 is 0 Å². The zero-order valence-corrected chi connectivity index (χ0v) is 11.8. The van der Waals surface area contributed by atoms with E-state index in [1.165, 1.54) is 5.69 Å². The van der Waals surface area contributed by atoms with Crippen LogP contribution in [0.4, 0.5) is 0 Å². The highest BCUT2D eigenvalue weighted by Crippen LogP contribution is 2.29. The summed E-state index contributed by atoms with van der Waals surface area (Å²) in [5.41, 5.74) is 4.14. The molecule has 0 aliphatic heterocycles. The summed E-state index contributed by atoms with van der Waals surface area (Å²) in [5.74, 6) is 0.519. The maximum Gasteiger partial charge on any atom is 0.123 e. The Labute approximate surface area is 116 Å². The molecule has 0 amide bonds. The van der Waals surface area contributed by atoms with Crippen LogP contribution in [0.1, 0.15) is 31.9 Å². The van der Waals surface area contributed by atoms with Gasteiger partial charge in [0.15, 0.2) is 0 Å². The molecule has 4 heteroatoms. The maximum atomic E-state index is 4.73. The number of hydrogen-bond acceptors (Lipinski definition) is 4. The number of hydrogen-bond donors (Lipinski definition) is 0. The van der Waals surface area contributed by atoms with Crippen molar-refractivity contribution in [3.63, 3.8) is 0 Å². The van der Waals surface area contributed by atoms with Crippen molar-refractivity contribution >= 4 is 22.4 Å². The average Bonchev–Trinajstić information content (AvgIpc) is 2.95. The molecular weight excluding hydrogens is 254 g/mol. The highest BCUT2D eigenvalue weighted by Gasteiger charge is 2.10.